The maximum Gasteiger partial charge on any atom is 0.255 e. The number of halogens is 1. The molecule has 2 N–H and O–H groups in total. The standard InChI is InChI=1S/C21H18ClN3O2/c1-13-10-17(22)6-7-19(13)25-21(27)16-8-9-23-20(12-16)24-18-5-3-4-15(11-18)14(2)26/h3-12H,1-2H3,(H,23,24)(H,25,27). The van der Waals surface area contributed by atoms with Crippen LogP contribution in [0.2, 0.25) is 5.02 Å². The summed E-state index contributed by atoms with van der Waals surface area (Å²) in [6.45, 7) is 3.39. The molecule has 3 aromatic rings. The topological polar surface area (TPSA) is 71.1 Å². The van der Waals surface area contributed by atoms with E-state index in [1.165, 1.54) is 6.92 Å². The Hall–Kier alpha value is -3.18. The molecule has 0 fully saturated rings. The molecule has 0 radical (unpaired) electrons. The van der Waals surface area contributed by atoms with Gasteiger partial charge in [0.15, 0.2) is 5.78 Å². The highest BCUT2D eigenvalue weighted by molar-refractivity contribution is 6.30. The van der Waals surface area contributed by atoms with E-state index in [4.69, 9.17) is 11.6 Å². The molecular formula is C21H18ClN3O2. The van der Waals surface area contributed by atoms with E-state index in [0.29, 0.717) is 27.7 Å². The van der Waals surface area contributed by atoms with Gasteiger partial charge in [0.05, 0.1) is 0 Å². The second-order valence-corrected chi connectivity index (χ2v) is 6.54. The van der Waals surface area contributed by atoms with E-state index in [-0.39, 0.29) is 11.7 Å². The van der Waals surface area contributed by atoms with E-state index in [9.17, 15) is 9.59 Å². The Kier molecular flexibility index (Phi) is 5.52. The zero-order valence-electron chi connectivity index (χ0n) is 14.9. The number of aryl methyl sites for hydroxylation is 1. The summed E-state index contributed by atoms with van der Waals surface area (Å²) in [5.74, 6) is 0.248. The van der Waals surface area contributed by atoms with Crippen LogP contribution in [-0.4, -0.2) is 16.7 Å². The molecule has 3 rings (SSSR count). The zero-order valence-corrected chi connectivity index (χ0v) is 15.7. The summed E-state index contributed by atoms with van der Waals surface area (Å²) in [7, 11) is 0. The van der Waals surface area contributed by atoms with Crippen LogP contribution in [0.4, 0.5) is 17.2 Å². The monoisotopic (exact) mass is 379 g/mol. The van der Waals surface area contributed by atoms with Crippen molar-refractivity contribution in [2.45, 2.75) is 13.8 Å². The zero-order chi connectivity index (χ0) is 19.4. The summed E-state index contributed by atoms with van der Waals surface area (Å²) in [6.07, 6.45) is 1.56. The van der Waals surface area contributed by atoms with Gasteiger partial charge in [-0.05, 0) is 61.9 Å². The Morgan fingerprint density at radius 3 is 2.56 bits per heavy atom. The molecule has 0 bridgehead atoms. The average molecular weight is 380 g/mol. The van der Waals surface area contributed by atoms with Crippen LogP contribution in [-0.2, 0) is 0 Å². The lowest BCUT2D eigenvalue weighted by Gasteiger charge is -2.10. The summed E-state index contributed by atoms with van der Waals surface area (Å²) >= 11 is 5.95. The molecule has 27 heavy (non-hydrogen) atoms. The van der Waals surface area contributed by atoms with Crippen LogP contribution < -0.4 is 10.6 Å². The second kappa shape index (κ2) is 8.01. The van der Waals surface area contributed by atoms with Crippen LogP contribution in [0.3, 0.4) is 0 Å². The molecule has 5 nitrogen and oxygen atoms in total. The van der Waals surface area contributed by atoms with Crippen molar-refractivity contribution in [1.82, 2.24) is 4.98 Å². The molecule has 0 aliphatic rings. The Balaban J connectivity index is 1.77. The second-order valence-electron chi connectivity index (χ2n) is 6.11. The fourth-order valence-corrected chi connectivity index (χ4v) is 2.79. The number of aromatic nitrogens is 1. The van der Waals surface area contributed by atoms with E-state index < -0.39 is 0 Å². The quantitative estimate of drug-likeness (QED) is 0.594. The molecule has 2 aromatic carbocycles. The fourth-order valence-electron chi connectivity index (χ4n) is 2.57. The van der Waals surface area contributed by atoms with E-state index in [0.717, 1.165) is 11.3 Å². The highest BCUT2D eigenvalue weighted by atomic mass is 35.5. The van der Waals surface area contributed by atoms with Crippen LogP contribution in [0.15, 0.2) is 60.8 Å². The first-order valence-electron chi connectivity index (χ1n) is 8.34. The molecule has 0 aliphatic carbocycles. The van der Waals surface area contributed by atoms with Crippen LogP contribution in [0.5, 0.6) is 0 Å². The van der Waals surface area contributed by atoms with Crippen molar-refractivity contribution in [1.29, 1.82) is 0 Å². The van der Waals surface area contributed by atoms with Crippen molar-refractivity contribution >= 4 is 40.5 Å². The molecule has 1 heterocycles. The van der Waals surface area contributed by atoms with E-state index in [2.05, 4.69) is 15.6 Å². The summed E-state index contributed by atoms with van der Waals surface area (Å²) < 4.78 is 0. The Morgan fingerprint density at radius 2 is 1.81 bits per heavy atom. The number of amides is 1. The summed E-state index contributed by atoms with van der Waals surface area (Å²) in [5.41, 5.74) is 3.37. The average Bonchev–Trinajstić information content (AvgIpc) is 2.64. The largest absolute Gasteiger partial charge is 0.340 e. The van der Waals surface area contributed by atoms with Gasteiger partial charge >= 0.3 is 0 Å². The van der Waals surface area contributed by atoms with Crippen molar-refractivity contribution in [3.63, 3.8) is 0 Å². The van der Waals surface area contributed by atoms with Gasteiger partial charge in [-0.1, -0.05) is 23.7 Å². The number of carbonyl (C=O) groups excluding carboxylic acids is 2. The Bertz CT molecular complexity index is 1020. The van der Waals surface area contributed by atoms with Gasteiger partial charge in [0.1, 0.15) is 5.82 Å². The molecular weight excluding hydrogens is 362 g/mol. The van der Waals surface area contributed by atoms with Crippen molar-refractivity contribution in [2.24, 2.45) is 0 Å². The number of hydrogen-bond acceptors (Lipinski definition) is 4. The molecule has 0 saturated carbocycles. The molecule has 6 heteroatoms. The van der Waals surface area contributed by atoms with Crippen LogP contribution in [0.25, 0.3) is 0 Å². The van der Waals surface area contributed by atoms with Gasteiger partial charge in [0.25, 0.3) is 5.91 Å². The number of nitrogens with one attached hydrogen (secondary N) is 2. The number of rotatable bonds is 5. The number of hydrogen-bond donors (Lipinski definition) is 2. The molecule has 0 saturated heterocycles. The minimum atomic E-state index is -0.247. The van der Waals surface area contributed by atoms with Gasteiger partial charge in [-0.15, -0.1) is 0 Å². The molecule has 0 spiro atoms. The number of benzene rings is 2. The lowest BCUT2D eigenvalue weighted by atomic mass is 10.1. The van der Waals surface area contributed by atoms with Crippen molar-refractivity contribution in [3.8, 4) is 0 Å². The van der Waals surface area contributed by atoms with Crippen molar-refractivity contribution < 1.29 is 9.59 Å². The van der Waals surface area contributed by atoms with Gasteiger partial charge in [-0.2, -0.15) is 0 Å². The van der Waals surface area contributed by atoms with Gasteiger partial charge in [-0.3, -0.25) is 9.59 Å². The molecule has 136 valence electrons. The number of carbonyl (C=O) groups is 2. The normalized spacial score (nSPS) is 10.3. The number of pyridine rings is 1. The maximum absolute atomic E-state index is 12.6. The Morgan fingerprint density at radius 1 is 1.00 bits per heavy atom. The summed E-state index contributed by atoms with van der Waals surface area (Å²) in [5, 5.41) is 6.61. The highest BCUT2D eigenvalue weighted by Gasteiger charge is 2.10. The third kappa shape index (κ3) is 4.71. The molecule has 1 aromatic heterocycles. The smallest absolute Gasteiger partial charge is 0.255 e. The predicted octanol–water partition coefficient (Wildman–Crippen LogP) is 5.24. The van der Waals surface area contributed by atoms with Gasteiger partial charge < -0.3 is 10.6 Å². The molecule has 1 amide bonds. The minimum absolute atomic E-state index is 0.0157. The van der Waals surface area contributed by atoms with E-state index in [1.54, 1.807) is 54.7 Å². The first kappa shape index (κ1) is 18.6. The van der Waals surface area contributed by atoms with Crippen molar-refractivity contribution in [2.75, 3.05) is 10.6 Å². The van der Waals surface area contributed by atoms with Gasteiger partial charge in [0, 0.05) is 33.7 Å². The Labute approximate surface area is 162 Å². The SMILES string of the molecule is CC(=O)c1cccc(Nc2cc(C(=O)Nc3ccc(Cl)cc3C)ccn2)c1. The first-order chi connectivity index (χ1) is 12.9. The van der Waals surface area contributed by atoms with E-state index >= 15 is 0 Å². The predicted molar refractivity (Wildman–Crippen MR) is 108 cm³/mol. The lowest BCUT2D eigenvalue weighted by molar-refractivity contribution is 0.101. The van der Waals surface area contributed by atoms with Crippen LogP contribution >= 0.6 is 11.6 Å². The number of nitrogens with zero attached hydrogens (tertiary/aromatic N) is 1. The van der Waals surface area contributed by atoms with E-state index in [1.807, 2.05) is 13.0 Å². The number of ketones is 1. The third-order valence-corrected chi connectivity index (χ3v) is 4.24. The number of Topliss-reactive ketones (excluding diaryl/α,β-unsaturated/α-hetero) is 1. The highest BCUT2D eigenvalue weighted by Crippen LogP contribution is 2.21. The summed E-state index contributed by atoms with van der Waals surface area (Å²) in [6, 6.07) is 15.7. The fraction of sp³-hybridized carbons (Fsp3) is 0.0952. The summed E-state index contributed by atoms with van der Waals surface area (Å²) in [4.78, 5) is 28.3. The maximum atomic E-state index is 12.6. The minimum Gasteiger partial charge on any atom is -0.340 e. The molecule has 0 unspecified atom stereocenters. The first-order valence-corrected chi connectivity index (χ1v) is 8.72. The lowest BCUT2D eigenvalue weighted by Crippen LogP contribution is -2.13. The molecule has 0 atom stereocenters. The van der Waals surface area contributed by atoms with Gasteiger partial charge in [-0.25, -0.2) is 4.98 Å². The van der Waals surface area contributed by atoms with Gasteiger partial charge in [0.2, 0.25) is 0 Å². The number of anilines is 3. The van der Waals surface area contributed by atoms with Crippen LogP contribution in [0.1, 0.15) is 33.2 Å². The van der Waals surface area contributed by atoms with Crippen LogP contribution in [0, 0.1) is 6.92 Å². The molecule has 0 aliphatic heterocycles. The van der Waals surface area contributed by atoms with Crippen molar-refractivity contribution in [3.05, 3.63) is 82.5 Å². The third-order valence-electron chi connectivity index (χ3n) is 4.00.